The second-order valence-electron chi connectivity index (χ2n) is 4.11. The van der Waals surface area contributed by atoms with Gasteiger partial charge in [0.15, 0.2) is 0 Å². The summed E-state index contributed by atoms with van der Waals surface area (Å²) in [5.74, 6) is 0. The minimum Gasteiger partial charge on any atom is -0.444 e. The SMILES string of the molecule is Cc1cc(Cl)ccc1N1CCC(CN)OC1=O. The van der Waals surface area contributed by atoms with Crippen LogP contribution in [0.2, 0.25) is 5.02 Å². The van der Waals surface area contributed by atoms with Gasteiger partial charge in [-0.05, 0) is 30.7 Å². The first-order chi connectivity index (χ1) is 8.11. The van der Waals surface area contributed by atoms with Gasteiger partial charge in [-0.3, -0.25) is 4.90 Å². The first-order valence-electron chi connectivity index (χ1n) is 5.56. The Morgan fingerprint density at radius 3 is 2.94 bits per heavy atom. The molecular formula is C12H15ClN2O2. The van der Waals surface area contributed by atoms with Gasteiger partial charge in [0.1, 0.15) is 6.10 Å². The Bertz CT molecular complexity index is 437. The molecule has 0 aliphatic carbocycles. The topological polar surface area (TPSA) is 55.6 Å². The van der Waals surface area contributed by atoms with Gasteiger partial charge in [-0.1, -0.05) is 11.6 Å². The van der Waals surface area contributed by atoms with Crippen molar-refractivity contribution in [1.29, 1.82) is 0 Å². The first kappa shape index (κ1) is 12.2. The van der Waals surface area contributed by atoms with Crippen LogP contribution in [0.1, 0.15) is 12.0 Å². The molecule has 5 heteroatoms. The molecule has 1 aromatic rings. The molecule has 0 aromatic heterocycles. The van der Waals surface area contributed by atoms with Crippen molar-refractivity contribution < 1.29 is 9.53 Å². The second-order valence-corrected chi connectivity index (χ2v) is 4.55. The number of carbonyl (C=O) groups is 1. The number of cyclic esters (lactones) is 1. The molecule has 0 radical (unpaired) electrons. The fraction of sp³-hybridized carbons (Fsp3) is 0.417. The molecule has 4 nitrogen and oxygen atoms in total. The number of benzene rings is 1. The lowest BCUT2D eigenvalue weighted by molar-refractivity contribution is 0.0887. The van der Waals surface area contributed by atoms with Gasteiger partial charge in [0.05, 0.1) is 5.69 Å². The molecule has 0 bridgehead atoms. The summed E-state index contributed by atoms with van der Waals surface area (Å²) in [4.78, 5) is 13.4. The number of anilines is 1. The van der Waals surface area contributed by atoms with Gasteiger partial charge in [-0.25, -0.2) is 4.79 Å². The predicted octanol–water partition coefficient (Wildman–Crippen LogP) is 2.32. The van der Waals surface area contributed by atoms with Gasteiger partial charge in [0, 0.05) is 24.5 Å². The van der Waals surface area contributed by atoms with Gasteiger partial charge in [-0.15, -0.1) is 0 Å². The maximum atomic E-state index is 11.8. The molecule has 1 atom stereocenters. The van der Waals surface area contributed by atoms with Crippen LogP contribution in [-0.2, 0) is 4.74 Å². The average molecular weight is 255 g/mol. The van der Waals surface area contributed by atoms with Crippen LogP contribution < -0.4 is 10.6 Å². The van der Waals surface area contributed by atoms with Crippen molar-refractivity contribution in [2.24, 2.45) is 5.73 Å². The predicted molar refractivity (Wildman–Crippen MR) is 67.5 cm³/mol. The summed E-state index contributed by atoms with van der Waals surface area (Å²) >= 11 is 5.89. The van der Waals surface area contributed by atoms with E-state index >= 15 is 0 Å². The van der Waals surface area contributed by atoms with Crippen molar-refractivity contribution in [2.75, 3.05) is 18.0 Å². The summed E-state index contributed by atoms with van der Waals surface area (Å²) in [7, 11) is 0. The summed E-state index contributed by atoms with van der Waals surface area (Å²) in [5, 5.41) is 0.663. The number of ether oxygens (including phenoxy) is 1. The van der Waals surface area contributed by atoms with Crippen LogP contribution in [0, 0.1) is 6.92 Å². The lowest BCUT2D eigenvalue weighted by Gasteiger charge is -2.32. The Hall–Kier alpha value is -1.26. The second kappa shape index (κ2) is 4.94. The number of carbonyl (C=O) groups excluding carboxylic acids is 1. The number of aryl methyl sites for hydroxylation is 1. The zero-order valence-corrected chi connectivity index (χ0v) is 10.4. The number of halogens is 1. The third-order valence-electron chi connectivity index (χ3n) is 2.88. The van der Waals surface area contributed by atoms with E-state index in [-0.39, 0.29) is 12.2 Å². The quantitative estimate of drug-likeness (QED) is 0.881. The molecular weight excluding hydrogens is 240 g/mol. The molecule has 1 unspecified atom stereocenters. The molecule has 2 rings (SSSR count). The van der Waals surface area contributed by atoms with E-state index in [0.29, 0.717) is 18.1 Å². The van der Waals surface area contributed by atoms with Crippen LogP contribution in [0.15, 0.2) is 18.2 Å². The standard InChI is InChI=1S/C12H15ClN2O2/c1-8-6-9(13)2-3-11(8)15-5-4-10(7-14)17-12(15)16/h2-3,6,10H,4-5,7,14H2,1H3. The largest absolute Gasteiger partial charge is 0.444 e. The maximum Gasteiger partial charge on any atom is 0.414 e. The number of nitrogens with zero attached hydrogens (tertiary/aromatic N) is 1. The Labute approximate surface area is 105 Å². The zero-order valence-electron chi connectivity index (χ0n) is 9.65. The van der Waals surface area contributed by atoms with Crippen LogP contribution in [0.3, 0.4) is 0 Å². The molecule has 1 fully saturated rings. The average Bonchev–Trinajstić information content (AvgIpc) is 2.30. The van der Waals surface area contributed by atoms with Crippen LogP contribution in [-0.4, -0.2) is 25.3 Å². The van der Waals surface area contributed by atoms with E-state index < -0.39 is 0 Å². The number of amides is 1. The van der Waals surface area contributed by atoms with Gasteiger partial charge in [0.25, 0.3) is 0 Å². The molecule has 92 valence electrons. The van der Waals surface area contributed by atoms with Gasteiger partial charge in [-0.2, -0.15) is 0 Å². The Balaban J connectivity index is 2.20. The molecule has 1 heterocycles. The smallest absolute Gasteiger partial charge is 0.414 e. The molecule has 0 spiro atoms. The van der Waals surface area contributed by atoms with E-state index in [0.717, 1.165) is 17.7 Å². The van der Waals surface area contributed by atoms with E-state index in [4.69, 9.17) is 22.1 Å². The maximum absolute atomic E-state index is 11.8. The Morgan fingerprint density at radius 2 is 2.35 bits per heavy atom. The normalized spacial score (nSPS) is 20.3. The number of hydrogen-bond acceptors (Lipinski definition) is 3. The van der Waals surface area contributed by atoms with E-state index in [1.807, 2.05) is 19.1 Å². The van der Waals surface area contributed by atoms with Crippen molar-refractivity contribution >= 4 is 23.4 Å². The first-order valence-corrected chi connectivity index (χ1v) is 5.94. The van der Waals surface area contributed by atoms with Crippen LogP contribution in [0.25, 0.3) is 0 Å². The fourth-order valence-corrected chi connectivity index (χ4v) is 2.16. The van der Waals surface area contributed by atoms with Crippen molar-refractivity contribution in [3.63, 3.8) is 0 Å². The summed E-state index contributed by atoms with van der Waals surface area (Å²) in [6, 6.07) is 5.44. The molecule has 1 saturated heterocycles. The minimum atomic E-state index is -0.336. The third kappa shape index (κ3) is 2.53. The molecule has 17 heavy (non-hydrogen) atoms. The van der Waals surface area contributed by atoms with Crippen molar-refractivity contribution in [3.05, 3.63) is 28.8 Å². The molecule has 1 aromatic carbocycles. The highest BCUT2D eigenvalue weighted by Crippen LogP contribution is 2.26. The monoisotopic (exact) mass is 254 g/mol. The Morgan fingerprint density at radius 1 is 1.59 bits per heavy atom. The van der Waals surface area contributed by atoms with Gasteiger partial charge < -0.3 is 10.5 Å². The van der Waals surface area contributed by atoms with Crippen LogP contribution >= 0.6 is 11.6 Å². The number of rotatable bonds is 2. The highest BCUT2D eigenvalue weighted by molar-refractivity contribution is 6.30. The third-order valence-corrected chi connectivity index (χ3v) is 3.11. The highest BCUT2D eigenvalue weighted by Gasteiger charge is 2.28. The summed E-state index contributed by atoms with van der Waals surface area (Å²) in [6.07, 6.45) is 0.257. The van der Waals surface area contributed by atoms with Crippen molar-refractivity contribution in [3.8, 4) is 0 Å². The highest BCUT2D eigenvalue weighted by atomic mass is 35.5. The molecule has 1 aliphatic heterocycles. The fourth-order valence-electron chi connectivity index (χ4n) is 1.94. The van der Waals surface area contributed by atoms with Crippen LogP contribution in [0.4, 0.5) is 10.5 Å². The summed E-state index contributed by atoms with van der Waals surface area (Å²) in [5.41, 5.74) is 7.29. The van der Waals surface area contributed by atoms with Crippen molar-refractivity contribution in [2.45, 2.75) is 19.4 Å². The van der Waals surface area contributed by atoms with Gasteiger partial charge >= 0.3 is 6.09 Å². The van der Waals surface area contributed by atoms with Crippen LogP contribution in [0.5, 0.6) is 0 Å². The van der Waals surface area contributed by atoms with E-state index in [1.54, 1.807) is 11.0 Å². The zero-order chi connectivity index (χ0) is 12.4. The van der Waals surface area contributed by atoms with E-state index in [1.165, 1.54) is 0 Å². The minimum absolute atomic E-state index is 0.161. The summed E-state index contributed by atoms with van der Waals surface area (Å²) in [6.45, 7) is 2.92. The van der Waals surface area contributed by atoms with Crippen molar-refractivity contribution in [1.82, 2.24) is 0 Å². The van der Waals surface area contributed by atoms with Gasteiger partial charge in [0.2, 0.25) is 0 Å². The summed E-state index contributed by atoms with van der Waals surface area (Å²) < 4.78 is 5.22. The molecule has 2 N–H and O–H groups in total. The van der Waals surface area contributed by atoms with E-state index in [9.17, 15) is 4.79 Å². The lowest BCUT2D eigenvalue weighted by Crippen LogP contribution is -2.44. The number of hydrogen-bond donors (Lipinski definition) is 1. The van der Waals surface area contributed by atoms with E-state index in [2.05, 4.69) is 0 Å². The molecule has 1 amide bonds. The lowest BCUT2D eigenvalue weighted by atomic mass is 10.1. The molecule has 1 aliphatic rings. The molecule has 0 saturated carbocycles. The number of nitrogens with two attached hydrogens (primary N) is 1. The Kier molecular flexibility index (Phi) is 3.54.